The number of amides is 1. The number of carboxylic acid groups (broad SMARTS) is 1. The summed E-state index contributed by atoms with van der Waals surface area (Å²) < 4.78 is 2.98. The summed E-state index contributed by atoms with van der Waals surface area (Å²) >= 11 is 8.05. The number of fused-ring (bicyclic) bond motifs is 1. The minimum atomic E-state index is -0.903. The van der Waals surface area contributed by atoms with Crippen molar-refractivity contribution in [3.05, 3.63) is 65.7 Å². The highest BCUT2D eigenvalue weighted by Gasteiger charge is 2.27. The fourth-order valence-electron chi connectivity index (χ4n) is 4.12. The Bertz CT molecular complexity index is 1310. The van der Waals surface area contributed by atoms with E-state index in [2.05, 4.69) is 42.4 Å². The number of aromatic nitrogens is 1. The van der Waals surface area contributed by atoms with Gasteiger partial charge < -0.3 is 14.8 Å². The minimum absolute atomic E-state index is 0.0779. The number of carbonyl (C=O) groups is 2. The maximum Gasteiger partial charge on any atom is 0.339 e. The Balaban J connectivity index is 1.63. The number of thiophene rings is 1. The van der Waals surface area contributed by atoms with Crippen molar-refractivity contribution in [2.45, 2.75) is 39.5 Å². The molecule has 0 spiro atoms. The van der Waals surface area contributed by atoms with Gasteiger partial charge in [-0.3, -0.25) is 4.79 Å². The van der Waals surface area contributed by atoms with Gasteiger partial charge in [-0.2, -0.15) is 5.10 Å². The summed E-state index contributed by atoms with van der Waals surface area (Å²) in [5.41, 5.74) is 6.34. The van der Waals surface area contributed by atoms with Gasteiger partial charge in [-0.05, 0) is 79.2 Å². The number of aryl methyl sites for hydroxylation is 2. The Morgan fingerprint density at radius 2 is 1.91 bits per heavy atom. The number of aromatic hydroxyl groups is 1. The Hall–Kier alpha value is -2.43. The maximum atomic E-state index is 12.5. The maximum absolute atomic E-state index is 12.5. The van der Waals surface area contributed by atoms with E-state index < -0.39 is 11.9 Å². The van der Waals surface area contributed by atoms with E-state index >= 15 is 0 Å². The summed E-state index contributed by atoms with van der Waals surface area (Å²) in [4.78, 5) is 25.7. The molecule has 3 aromatic rings. The minimum Gasteiger partial charge on any atom is -0.506 e. The van der Waals surface area contributed by atoms with Gasteiger partial charge >= 0.3 is 5.97 Å². The zero-order valence-electron chi connectivity index (χ0n) is 17.9. The molecular weight excluding hydrogens is 574 g/mol. The van der Waals surface area contributed by atoms with Crippen molar-refractivity contribution in [2.24, 2.45) is 5.10 Å². The second-order valence-corrected chi connectivity index (χ2v) is 10.7. The van der Waals surface area contributed by atoms with E-state index in [0.29, 0.717) is 14.5 Å². The number of hydrazone groups is 1. The van der Waals surface area contributed by atoms with Gasteiger partial charge in [0, 0.05) is 26.3 Å². The third-order valence-corrected chi connectivity index (χ3v) is 8.02. The second-order valence-electron chi connectivity index (χ2n) is 7.84. The average Bonchev–Trinajstić information content (AvgIpc) is 3.27. The molecule has 0 saturated carbocycles. The quantitative estimate of drug-likeness (QED) is 0.259. The summed E-state index contributed by atoms with van der Waals surface area (Å²) in [5.74, 6) is -1.63. The molecule has 1 aliphatic rings. The van der Waals surface area contributed by atoms with Crippen LogP contribution in [0.3, 0.4) is 0 Å². The first kappa shape index (κ1) is 23.7. The number of phenolic OH excluding ortho intramolecular Hbond substituents is 1. The van der Waals surface area contributed by atoms with Crippen molar-refractivity contribution in [2.75, 3.05) is 0 Å². The number of carboxylic acids is 1. The second kappa shape index (κ2) is 9.44. The SMILES string of the molecule is Cc1cc(/C=N\NC(=O)c2cc(Br)cc(Br)c2O)c(C)n1-c1sc2c(c1C(=O)O)CCCC2. The van der Waals surface area contributed by atoms with Crippen molar-refractivity contribution in [1.29, 1.82) is 0 Å². The molecule has 0 fully saturated rings. The summed E-state index contributed by atoms with van der Waals surface area (Å²) in [6.45, 7) is 3.82. The summed E-state index contributed by atoms with van der Waals surface area (Å²) in [7, 11) is 0. The molecule has 10 heteroatoms. The number of phenols is 1. The fourth-order valence-corrected chi connectivity index (χ4v) is 6.84. The fraction of sp³-hybridized carbons (Fsp3) is 0.261. The normalized spacial score (nSPS) is 13.3. The molecule has 33 heavy (non-hydrogen) atoms. The first-order valence-electron chi connectivity index (χ1n) is 10.3. The molecular formula is C23H21Br2N3O4S. The van der Waals surface area contributed by atoms with Gasteiger partial charge in [0.05, 0.1) is 21.8 Å². The van der Waals surface area contributed by atoms with Gasteiger partial charge in [0.15, 0.2) is 0 Å². The van der Waals surface area contributed by atoms with Crippen LogP contribution in [0.25, 0.3) is 5.00 Å². The van der Waals surface area contributed by atoms with Crippen LogP contribution in [0.4, 0.5) is 0 Å². The standard InChI is InChI=1S/C23H21Br2N3O4S/c1-11-7-13(10-26-27-21(30)16-8-14(24)9-17(25)20(16)29)12(2)28(11)22-19(23(31)32)15-5-3-4-6-18(15)33-22/h7-10,29H,3-6H2,1-2H3,(H,27,30)(H,31,32)/b26-10-. The average molecular weight is 595 g/mol. The predicted molar refractivity (Wildman–Crippen MR) is 135 cm³/mol. The Labute approximate surface area is 211 Å². The van der Waals surface area contributed by atoms with Gasteiger partial charge in [0.1, 0.15) is 10.8 Å². The molecule has 3 N–H and O–H groups in total. The Morgan fingerprint density at radius 1 is 1.18 bits per heavy atom. The predicted octanol–water partition coefficient (Wildman–Crippen LogP) is 5.73. The number of nitrogens with one attached hydrogen (secondary N) is 1. The molecule has 0 saturated heterocycles. The number of nitrogens with zero attached hydrogens (tertiary/aromatic N) is 2. The van der Waals surface area contributed by atoms with Crippen molar-refractivity contribution < 1.29 is 19.8 Å². The lowest BCUT2D eigenvalue weighted by Gasteiger charge is -2.11. The van der Waals surface area contributed by atoms with Crippen molar-refractivity contribution in [3.63, 3.8) is 0 Å². The van der Waals surface area contributed by atoms with Crippen LogP contribution in [0.5, 0.6) is 5.75 Å². The lowest BCUT2D eigenvalue weighted by atomic mass is 9.95. The van der Waals surface area contributed by atoms with Crippen molar-refractivity contribution in [3.8, 4) is 10.8 Å². The molecule has 0 bridgehead atoms. The zero-order chi connectivity index (χ0) is 23.9. The Kier molecular flexibility index (Phi) is 6.78. The first-order chi connectivity index (χ1) is 15.7. The smallest absolute Gasteiger partial charge is 0.339 e. The summed E-state index contributed by atoms with van der Waals surface area (Å²) in [6.07, 6.45) is 5.32. The number of carbonyl (C=O) groups excluding carboxylic acids is 1. The summed E-state index contributed by atoms with van der Waals surface area (Å²) in [5, 5.41) is 24.8. The molecule has 7 nitrogen and oxygen atoms in total. The molecule has 0 unspecified atom stereocenters. The van der Waals surface area contributed by atoms with Crippen LogP contribution in [-0.2, 0) is 12.8 Å². The molecule has 0 atom stereocenters. The zero-order valence-corrected chi connectivity index (χ0v) is 21.9. The van der Waals surface area contributed by atoms with E-state index in [-0.39, 0.29) is 11.3 Å². The van der Waals surface area contributed by atoms with E-state index in [1.165, 1.54) is 12.3 Å². The number of benzene rings is 1. The number of rotatable bonds is 5. The van der Waals surface area contributed by atoms with Crippen LogP contribution in [0.1, 0.15) is 60.9 Å². The lowest BCUT2D eigenvalue weighted by molar-refractivity contribution is 0.0695. The Morgan fingerprint density at radius 3 is 2.64 bits per heavy atom. The lowest BCUT2D eigenvalue weighted by Crippen LogP contribution is -2.18. The molecule has 172 valence electrons. The highest BCUT2D eigenvalue weighted by molar-refractivity contribution is 9.11. The number of aromatic carboxylic acids is 1. The third kappa shape index (κ3) is 4.51. The van der Waals surface area contributed by atoms with Crippen LogP contribution >= 0.6 is 43.2 Å². The monoisotopic (exact) mass is 593 g/mol. The number of hydrogen-bond donors (Lipinski definition) is 3. The molecule has 4 rings (SSSR count). The van der Waals surface area contributed by atoms with E-state index in [4.69, 9.17) is 0 Å². The highest BCUT2D eigenvalue weighted by Crippen LogP contribution is 2.38. The summed E-state index contributed by atoms with van der Waals surface area (Å²) in [6, 6.07) is 5.04. The van der Waals surface area contributed by atoms with E-state index in [9.17, 15) is 19.8 Å². The largest absolute Gasteiger partial charge is 0.506 e. The van der Waals surface area contributed by atoms with E-state index in [0.717, 1.165) is 58.1 Å². The van der Waals surface area contributed by atoms with E-state index in [1.54, 1.807) is 17.4 Å². The van der Waals surface area contributed by atoms with Crippen LogP contribution in [0.2, 0.25) is 0 Å². The molecule has 0 aliphatic heterocycles. The van der Waals surface area contributed by atoms with Crippen LogP contribution in [0, 0.1) is 13.8 Å². The highest BCUT2D eigenvalue weighted by atomic mass is 79.9. The van der Waals surface area contributed by atoms with Gasteiger partial charge in [-0.25, -0.2) is 10.2 Å². The molecule has 2 aromatic heterocycles. The van der Waals surface area contributed by atoms with Gasteiger partial charge in [0.2, 0.25) is 0 Å². The molecule has 1 aromatic carbocycles. The third-order valence-electron chi connectivity index (χ3n) is 5.68. The van der Waals surface area contributed by atoms with Crippen molar-refractivity contribution >= 4 is 61.3 Å². The molecule has 1 aliphatic carbocycles. The van der Waals surface area contributed by atoms with E-state index in [1.807, 2.05) is 24.5 Å². The molecule has 1 amide bonds. The van der Waals surface area contributed by atoms with Gasteiger partial charge in [-0.1, -0.05) is 15.9 Å². The van der Waals surface area contributed by atoms with Crippen molar-refractivity contribution in [1.82, 2.24) is 9.99 Å². The van der Waals surface area contributed by atoms with Crippen LogP contribution < -0.4 is 5.43 Å². The molecule has 2 heterocycles. The van der Waals surface area contributed by atoms with Crippen LogP contribution in [0.15, 0.2) is 32.2 Å². The van der Waals surface area contributed by atoms with Gasteiger partial charge in [-0.15, -0.1) is 11.3 Å². The topological polar surface area (TPSA) is 104 Å². The van der Waals surface area contributed by atoms with Crippen LogP contribution in [-0.4, -0.2) is 32.9 Å². The number of hydrogen-bond acceptors (Lipinski definition) is 5. The number of halogens is 2. The first-order valence-corrected chi connectivity index (χ1v) is 12.7. The van der Waals surface area contributed by atoms with Gasteiger partial charge in [0.25, 0.3) is 5.91 Å². The molecule has 0 radical (unpaired) electrons.